The maximum absolute atomic E-state index is 2.61. The van der Waals surface area contributed by atoms with Crippen LogP contribution in [0.1, 0.15) is 30.6 Å². The fourth-order valence-electron chi connectivity index (χ4n) is 3.06. The van der Waals surface area contributed by atoms with Crippen LogP contribution in [-0.2, 0) is 13.0 Å². The minimum absolute atomic E-state index is 0.555. The van der Waals surface area contributed by atoms with E-state index >= 15 is 0 Å². The van der Waals surface area contributed by atoms with Gasteiger partial charge in [0.1, 0.15) is 0 Å². The molecule has 2 aromatic rings. The van der Waals surface area contributed by atoms with Crippen molar-refractivity contribution < 1.29 is 0 Å². The number of nitrogens with zero attached hydrogens (tertiary/aromatic N) is 2. The van der Waals surface area contributed by atoms with Crippen molar-refractivity contribution in [2.75, 3.05) is 13.1 Å². The van der Waals surface area contributed by atoms with Crippen LogP contribution in [0.5, 0.6) is 0 Å². The summed E-state index contributed by atoms with van der Waals surface area (Å²) in [6.45, 7) is 5.84. The Morgan fingerprint density at radius 1 is 1.05 bits per heavy atom. The summed E-state index contributed by atoms with van der Waals surface area (Å²) in [7, 11) is 0. The zero-order chi connectivity index (χ0) is 13.1. The van der Waals surface area contributed by atoms with E-state index in [0.29, 0.717) is 6.04 Å². The molecule has 1 aliphatic heterocycles. The molecule has 2 nitrogen and oxygen atoms in total. The highest BCUT2D eigenvalue weighted by atomic mass is 15.2. The summed E-state index contributed by atoms with van der Waals surface area (Å²) >= 11 is 0. The van der Waals surface area contributed by atoms with Crippen molar-refractivity contribution in [1.29, 1.82) is 0 Å². The molecule has 0 saturated carbocycles. The van der Waals surface area contributed by atoms with Crippen molar-refractivity contribution in [1.82, 2.24) is 9.47 Å². The smallest absolute Gasteiger partial charge is 0.0472 e. The molecule has 0 fully saturated rings. The number of rotatable bonds is 4. The third kappa shape index (κ3) is 2.74. The van der Waals surface area contributed by atoms with Gasteiger partial charge < -0.3 is 4.57 Å². The van der Waals surface area contributed by atoms with Gasteiger partial charge in [0.2, 0.25) is 0 Å². The highest BCUT2D eigenvalue weighted by molar-refractivity contribution is 5.15. The van der Waals surface area contributed by atoms with E-state index in [1.54, 1.807) is 0 Å². The van der Waals surface area contributed by atoms with Crippen molar-refractivity contribution in [2.24, 2.45) is 0 Å². The summed E-state index contributed by atoms with van der Waals surface area (Å²) in [5.41, 5.74) is 2.92. The standard InChI is InChI=1S/C17H22N2/c1-15-17-10-6-12-19(17)14-13-18(15)11-5-9-16-7-3-2-4-8-16/h2-4,6-8,10,12,15H,5,9,11,13-14H2,1H3. The number of hydrogen-bond acceptors (Lipinski definition) is 1. The van der Waals surface area contributed by atoms with Crippen molar-refractivity contribution in [2.45, 2.75) is 32.4 Å². The molecular formula is C17H22N2. The van der Waals surface area contributed by atoms with Crippen LogP contribution in [0.3, 0.4) is 0 Å². The molecule has 1 atom stereocenters. The third-order valence-electron chi connectivity index (χ3n) is 4.22. The highest BCUT2D eigenvalue weighted by Gasteiger charge is 2.22. The number of benzene rings is 1. The van der Waals surface area contributed by atoms with E-state index in [1.807, 2.05) is 0 Å². The van der Waals surface area contributed by atoms with Crippen LogP contribution in [0.2, 0.25) is 0 Å². The Hall–Kier alpha value is -1.54. The number of hydrogen-bond donors (Lipinski definition) is 0. The van der Waals surface area contributed by atoms with Crippen LogP contribution in [0.4, 0.5) is 0 Å². The summed E-state index contributed by atoms with van der Waals surface area (Å²) in [5.74, 6) is 0. The second-order valence-corrected chi connectivity index (χ2v) is 5.43. The van der Waals surface area contributed by atoms with Crippen molar-refractivity contribution in [3.63, 3.8) is 0 Å². The number of fused-ring (bicyclic) bond motifs is 1. The van der Waals surface area contributed by atoms with E-state index in [0.717, 1.165) is 6.54 Å². The largest absolute Gasteiger partial charge is 0.349 e. The van der Waals surface area contributed by atoms with Gasteiger partial charge in [-0.1, -0.05) is 30.3 Å². The van der Waals surface area contributed by atoms with Crippen LogP contribution in [0.25, 0.3) is 0 Å². The Kier molecular flexibility index (Phi) is 3.69. The van der Waals surface area contributed by atoms with E-state index in [4.69, 9.17) is 0 Å². The Balaban J connectivity index is 1.54. The summed E-state index contributed by atoms with van der Waals surface area (Å²) < 4.78 is 2.39. The lowest BCUT2D eigenvalue weighted by Crippen LogP contribution is -2.37. The quantitative estimate of drug-likeness (QED) is 0.810. The van der Waals surface area contributed by atoms with E-state index < -0.39 is 0 Å². The molecule has 0 amide bonds. The normalized spacial score (nSPS) is 19.3. The predicted molar refractivity (Wildman–Crippen MR) is 79.2 cm³/mol. The second-order valence-electron chi connectivity index (χ2n) is 5.43. The summed E-state index contributed by atoms with van der Waals surface area (Å²) in [6, 6.07) is 15.8. The molecular weight excluding hydrogens is 232 g/mol. The number of aryl methyl sites for hydroxylation is 1. The molecule has 0 N–H and O–H groups in total. The molecule has 19 heavy (non-hydrogen) atoms. The van der Waals surface area contributed by atoms with Gasteiger partial charge in [-0.25, -0.2) is 0 Å². The zero-order valence-electron chi connectivity index (χ0n) is 11.6. The molecule has 0 radical (unpaired) electrons. The average molecular weight is 254 g/mol. The lowest BCUT2D eigenvalue weighted by atomic mass is 10.1. The van der Waals surface area contributed by atoms with E-state index in [-0.39, 0.29) is 0 Å². The summed E-state index contributed by atoms with van der Waals surface area (Å²) in [4.78, 5) is 2.61. The predicted octanol–water partition coefficient (Wildman–Crippen LogP) is 3.50. The van der Waals surface area contributed by atoms with Crippen LogP contribution in [-0.4, -0.2) is 22.6 Å². The maximum Gasteiger partial charge on any atom is 0.0472 e. The van der Waals surface area contributed by atoms with Crippen molar-refractivity contribution in [3.05, 3.63) is 59.9 Å². The Bertz CT molecular complexity index is 515. The Morgan fingerprint density at radius 2 is 1.89 bits per heavy atom. The average Bonchev–Trinajstić information content (AvgIpc) is 2.92. The Labute approximate surface area is 115 Å². The lowest BCUT2D eigenvalue weighted by Gasteiger charge is -2.34. The monoisotopic (exact) mass is 254 g/mol. The number of aromatic nitrogens is 1. The minimum Gasteiger partial charge on any atom is -0.349 e. The fourth-order valence-corrected chi connectivity index (χ4v) is 3.06. The molecule has 0 saturated heterocycles. The first-order chi connectivity index (χ1) is 9.34. The van der Waals surface area contributed by atoms with Gasteiger partial charge >= 0.3 is 0 Å². The minimum atomic E-state index is 0.555. The second kappa shape index (κ2) is 5.62. The molecule has 0 aliphatic carbocycles. The molecule has 2 heterocycles. The SMILES string of the molecule is CC1c2cccn2CCN1CCCc1ccccc1. The first-order valence-electron chi connectivity index (χ1n) is 7.27. The summed E-state index contributed by atoms with van der Waals surface area (Å²) in [6.07, 6.45) is 4.63. The molecule has 0 bridgehead atoms. The van der Waals surface area contributed by atoms with Gasteiger partial charge in [0.15, 0.2) is 0 Å². The van der Waals surface area contributed by atoms with E-state index in [2.05, 4.69) is 65.1 Å². The molecule has 1 aliphatic rings. The molecule has 2 heteroatoms. The fraction of sp³-hybridized carbons (Fsp3) is 0.412. The topological polar surface area (TPSA) is 8.17 Å². The molecule has 1 aromatic heterocycles. The first kappa shape index (κ1) is 12.5. The van der Waals surface area contributed by atoms with Crippen molar-refractivity contribution in [3.8, 4) is 0 Å². The maximum atomic E-state index is 2.61. The van der Waals surface area contributed by atoms with Crippen LogP contribution in [0.15, 0.2) is 48.7 Å². The van der Waals surface area contributed by atoms with Crippen molar-refractivity contribution >= 4 is 0 Å². The molecule has 100 valence electrons. The van der Waals surface area contributed by atoms with Gasteiger partial charge in [0, 0.05) is 31.0 Å². The van der Waals surface area contributed by atoms with Crippen LogP contribution < -0.4 is 0 Å². The van der Waals surface area contributed by atoms with Gasteiger partial charge in [-0.3, -0.25) is 4.90 Å². The van der Waals surface area contributed by atoms with Gasteiger partial charge in [-0.05, 0) is 44.0 Å². The van der Waals surface area contributed by atoms with E-state index in [1.165, 1.54) is 37.2 Å². The van der Waals surface area contributed by atoms with E-state index in [9.17, 15) is 0 Å². The molecule has 1 aromatic carbocycles. The summed E-state index contributed by atoms with van der Waals surface area (Å²) in [5, 5.41) is 0. The van der Waals surface area contributed by atoms with Crippen LogP contribution in [0, 0.1) is 0 Å². The molecule has 3 rings (SSSR count). The van der Waals surface area contributed by atoms with Gasteiger partial charge in [-0.15, -0.1) is 0 Å². The third-order valence-corrected chi connectivity index (χ3v) is 4.22. The Morgan fingerprint density at radius 3 is 2.74 bits per heavy atom. The zero-order valence-corrected chi connectivity index (χ0v) is 11.6. The van der Waals surface area contributed by atoms with Gasteiger partial charge in [-0.2, -0.15) is 0 Å². The molecule has 1 unspecified atom stereocenters. The van der Waals surface area contributed by atoms with Gasteiger partial charge in [0.05, 0.1) is 0 Å². The first-order valence-corrected chi connectivity index (χ1v) is 7.27. The highest BCUT2D eigenvalue weighted by Crippen LogP contribution is 2.25. The van der Waals surface area contributed by atoms with Crippen LogP contribution >= 0.6 is 0 Å². The lowest BCUT2D eigenvalue weighted by molar-refractivity contribution is 0.167. The van der Waals surface area contributed by atoms with Gasteiger partial charge in [0.25, 0.3) is 0 Å². The molecule has 0 spiro atoms.